The molecule has 0 spiro atoms. The fourth-order valence-electron chi connectivity index (χ4n) is 5.34. The molecule has 0 N–H and O–H groups in total. The van der Waals surface area contributed by atoms with E-state index in [1.165, 1.54) is 12.1 Å². The topological polar surface area (TPSA) is 75.0 Å². The third-order valence-electron chi connectivity index (χ3n) is 8.22. The molecule has 15 heteroatoms. The largest absolute Gasteiger partial charge is 0.573 e. The van der Waals surface area contributed by atoms with Crippen molar-refractivity contribution in [1.29, 1.82) is 0 Å². The third-order valence-corrected chi connectivity index (χ3v) is 8.22. The maximum absolute atomic E-state index is 14.7. The van der Waals surface area contributed by atoms with Crippen LogP contribution in [0.4, 0.5) is 39.5 Å². The van der Waals surface area contributed by atoms with Crippen LogP contribution in [0.2, 0.25) is 0 Å². The Kier molecular flexibility index (Phi) is 12.7. The summed E-state index contributed by atoms with van der Waals surface area (Å²) in [5, 5.41) is 0.0670. The van der Waals surface area contributed by atoms with E-state index < -0.39 is 77.2 Å². The first-order valence-corrected chi connectivity index (χ1v) is 16.6. The fourth-order valence-corrected chi connectivity index (χ4v) is 5.34. The Balaban J connectivity index is 1.81. The van der Waals surface area contributed by atoms with Crippen molar-refractivity contribution in [3.8, 4) is 22.6 Å². The lowest BCUT2D eigenvalue weighted by molar-refractivity contribution is -0.322. The van der Waals surface area contributed by atoms with Crippen molar-refractivity contribution < 1.29 is 62.9 Å². The van der Waals surface area contributed by atoms with E-state index in [9.17, 15) is 49.1 Å². The van der Waals surface area contributed by atoms with Gasteiger partial charge in [0, 0.05) is 17.0 Å². The van der Waals surface area contributed by atoms with E-state index in [1.54, 1.807) is 41.5 Å². The lowest BCUT2D eigenvalue weighted by Crippen LogP contribution is -2.58. The van der Waals surface area contributed by atoms with Gasteiger partial charge in [0.25, 0.3) is 0 Å². The molecule has 0 aliphatic heterocycles. The van der Waals surface area contributed by atoms with Crippen LogP contribution in [0.5, 0.6) is 11.5 Å². The number of carbonyl (C=O) groups is 1. The number of fused-ring (bicyclic) bond motifs is 1. The number of ether oxygens (including phenoxy) is 3. The van der Waals surface area contributed by atoms with Crippen molar-refractivity contribution in [2.75, 3.05) is 13.2 Å². The predicted molar refractivity (Wildman–Crippen MR) is 176 cm³/mol. The second-order valence-corrected chi connectivity index (χ2v) is 15.0. The van der Waals surface area contributed by atoms with Gasteiger partial charge in [-0.25, -0.2) is 4.79 Å². The van der Waals surface area contributed by atoms with Gasteiger partial charge in [0.2, 0.25) is 0 Å². The van der Waals surface area contributed by atoms with E-state index in [2.05, 4.69) is 9.47 Å². The van der Waals surface area contributed by atoms with E-state index in [0.717, 1.165) is 43.2 Å². The molecule has 290 valence electrons. The average Bonchev–Trinajstić information content (AvgIpc) is 2.99. The molecule has 3 aromatic rings. The second kappa shape index (κ2) is 15.6. The van der Waals surface area contributed by atoms with Crippen LogP contribution in [-0.2, 0) is 16.0 Å². The summed E-state index contributed by atoms with van der Waals surface area (Å²) in [5.41, 5.74) is -2.82. The van der Waals surface area contributed by atoms with Gasteiger partial charge in [-0.1, -0.05) is 73.4 Å². The molecule has 0 radical (unpaired) electrons. The first kappa shape index (κ1) is 42.5. The molecule has 0 amide bonds. The molecule has 0 bridgehead atoms. The highest BCUT2D eigenvalue weighted by Gasteiger charge is 2.72. The molecule has 0 saturated carbocycles. The Hall–Kier alpha value is -3.91. The molecule has 6 nitrogen and oxygen atoms in total. The number of aryl methyl sites for hydroxylation is 1. The molecule has 1 unspecified atom stereocenters. The van der Waals surface area contributed by atoms with Crippen LogP contribution in [0.25, 0.3) is 22.1 Å². The molecule has 1 atom stereocenters. The van der Waals surface area contributed by atoms with Crippen molar-refractivity contribution in [3.05, 3.63) is 58.4 Å². The highest BCUT2D eigenvalue weighted by molar-refractivity contribution is 5.84. The Bertz CT molecular complexity index is 1750. The summed E-state index contributed by atoms with van der Waals surface area (Å²) in [6.07, 6.45) is -2.04. The highest BCUT2D eigenvalue weighted by atomic mass is 19.4. The van der Waals surface area contributed by atoms with E-state index in [1.807, 2.05) is 6.92 Å². The number of hydrogen-bond donors (Lipinski definition) is 0. The Morgan fingerprint density at radius 1 is 0.788 bits per heavy atom. The maximum Gasteiger partial charge on any atom is 0.573 e. The minimum absolute atomic E-state index is 0.0670. The molecule has 3 rings (SSSR count). The van der Waals surface area contributed by atoms with E-state index in [0.29, 0.717) is 18.4 Å². The van der Waals surface area contributed by atoms with Crippen LogP contribution in [0.15, 0.2) is 51.7 Å². The summed E-state index contributed by atoms with van der Waals surface area (Å²) in [4.78, 5) is 25.6. The van der Waals surface area contributed by atoms with Gasteiger partial charge in [-0.15, -0.1) is 13.2 Å². The van der Waals surface area contributed by atoms with Crippen LogP contribution in [0.3, 0.4) is 0 Å². The molecule has 1 aromatic heterocycles. The summed E-state index contributed by atoms with van der Waals surface area (Å²) in [6.45, 7) is 7.56. The van der Waals surface area contributed by atoms with Crippen molar-refractivity contribution in [2.45, 2.75) is 105 Å². The van der Waals surface area contributed by atoms with Crippen LogP contribution in [0.1, 0.15) is 79.7 Å². The molecule has 52 heavy (non-hydrogen) atoms. The minimum atomic E-state index is -6.04. The fraction of sp³-hybridized carbons (Fsp3) is 0.568. The van der Waals surface area contributed by atoms with Crippen LogP contribution >= 0.6 is 0 Å². The summed E-state index contributed by atoms with van der Waals surface area (Å²) >= 11 is 0. The Morgan fingerprint density at radius 3 is 2.00 bits per heavy atom. The lowest BCUT2D eigenvalue weighted by atomic mass is 9.72. The van der Waals surface area contributed by atoms with Gasteiger partial charge in [-0.3, -0.25) is 4.79 Å². The van der Waals surface area contributed by atoms with Gasteiger partial charge in [0.15, 0.2) is 13.2 Å². The van der Waals surface area contributed by atoms with E-state index in [-0.39, 0.29) is 28.5 Å². The Morgan fingerprint density at radius 2 is 1.42 bits per heavy atom. The first-order chi connectivity index (χ1) is 23.7. The van der Waals surface area contributed by atoms with Gasteiger partial charge in [-0.2, -0.15) is 26.3 Å². The maximum atomic E-state index is 14.7. The van der Waals surface area contributed by atoms with Crippen molar-refractivity contribution in [1.82, 2.24) is 0 Å². The zero-order valence-corrected chi connectivity index (χ0v) is 29.9. The van der Waals surface area contributed by atoms with Crippen LogP contribution < -0.4 is 15.1 Å². The molecule has 0 fully saturated rings. The SMILES string of the molecule is CCCCCc1ccc(-c2cc3ccc(OCC(F)(F)C(F)(F)C(F)(F)COC(=O)C(CC(C)(C)C)C(C)(C)C)cc3oc2=O)c(OC(F)(F)F)c1. The van der Waals surface area contributed by atoms with E-state index >= 15 is 0 Å². The summed E-state index contributed by atoms with van der Waals surface area (Å²) in [7, 11) is 0. The predicted octanol–water partition coefficient (Wildman–Crippen LogP) is 11.0. The zero-order valence-electron chi connectivity index (χ0n) is 29.9. The normalized spacial score (nSPS) is 14.0. The number of rotatable bonds is 15. The molecule has 0 aliphatic carbocycles. The van der Waals surface area contributed by atoms with Crippen molar-refractivity contribution >= 4 is 16.9 Å². The monoisotopic (exact) mass is 754 g/mol. The lowest BCUT2D eigenvalue weighted by Gasteiger charge is -2.35. The number of halogens is 9. The van der Waals surface area contributed by atoms with E-state index in [4.69, 9.17) is 9.15 Å². The minimum Gasteiger partial charge on any atom is -0.487 e. The third kappa shape index (κ3) is 10.8. The van der Waals surface area contributed by atoms with Gasteiger partial charge in [0.1, 0.15) is 17.1 Å². The number of benzene rings is 2. The number of carbonyl (C=O) groups excluding carboxylic acids is 1. The molecule has 2 aromatic carbocycles. The Labute approximate surface area is 295 Å². The standard InChI is InChI=1S/C37H43F9O6/c1-8-9-10-11-22-12-15-25(29(16-22)52-37(44,45)46)26-17-23-13-14-24(18-28(23)51-30(26)47)49-20-34(38,39)36(42,43)35(40,41)21-50-31(48)27(33(5,6)7)19-32(2,3)4/h12-18,27H,8-11,19-21H2,1-7H3. The summed E-state index contributed by atoms with van der Waals surface area (Å²) < 4.78 is 146. The number of esters is 1. The van der Waals surface area contributed by atoms with Gasteiger partial charge in [0.05, 0.1) is 11.5 Å². The van der Waals surface area contributed by atoms with Crippen molar-refractivity contribution in [2.24, 2.45) is 16.7 Å². The van der Waals surface area contributed by atoms with Gasteiger partial charge in [-0.05, 0) is 59.9 Å². The van der Waals surface area contributed by atoms with Gasteiger partial charge < -0.3 is 18.6 Å². The second-order valence-electron chi connectivity index (χ2n) is 15.0. The molecule has 0 aliphatic rings. The highest BCUT2D eigenvalue weighted by Crippen LogP contribution is 2.47. The zero-order chi connectivity index (χ0) is 39.5. The number of hydrogen-bond acceptors (Lipinski definition) is 6. The summed E-state index contributed by atoms with van der Waals surface area (Å²) in [6, 6.07) is 8.08. The molecular weight excluding hydrogens is 711 g/mol. The van der Waals surface area contributed by atoms with Gasteiger partial charge >= 0.3 is 35.7 Å². The smallest absolute Gasteiger partial charge is 0.487 e. The first-order valence-electron chi connectivity index (χ1n) is 16.6. The summed E-state index contributed by atoms with van der Waals surface area (Å²) in [5.74, 6) is -20.5. The van der Waals surface area contributed by atoms with Crippen LogP contribution in [-0.4, -0.2) is 43.3 Å². The molecule has 0 saturated heterocycles. The van der Waals surface area contributed by atoms with Crippen molar-refractivity contribution in [3.63, 3.8) is 0 Å². The number of alkyl halides is 9. The van der Waals surface area contributed by atoms with Crippen LogP contribution in [0, 0.1) is 16.7 Å². The molecule has 1 heterocycles. The average molecular weight is 755 g/mol. The number of unbranched alkanes of at least 4 members (excludes halogenated alkanes) is 2. The molecular formula is C37H43F9O6. The quantitative estimate of drug-likeness (QED) is 0.0666.